The van der Waals surface area contributed by atoms with Gasteiger partial charge in [-0.1, -0.05) is 41.1 Å². The number of aromatic nitrogens is 2. The molecule has 1 unspecified atom stereocenters. The number of aliphatic hydroxyl groups is 1. The van der Waals surface area contributed by atoms with E-state index in [1.54, 1.807) is 18.0 Å². The average Bonchev–Trinajstić information content (AvgIpc) is 2.82. The lowest BCUT2D eigenvalue weighted by Gasteiger charge is -2.16. The highest BCUT2D eigenvalue weighted by atomic mass is 79.9. The molecule has 0 bridgehead atoms. The van der Waals surface area contributed by atoms with Crippen LogP contribution in [0.15, 0.2) is 34.9 Å². The first-order valence-electron chi connectivity index (χ1n) is 6.21. The molecule has 0 amide bonds. The van der Waals surface area contributed by atoms with Crippen LogP contribution in [0.1, 0.15) is 30.7 Å². The second-order valence-corrected chi connectivity index (χ2v) is 5.10. The van der Waals surface area contributed by atoms with Crippen LogP contribution in [-0.2, 0) is 6.54 Å². The number of rotatable bonds is 5. The minimum Gasteiger partial charge on any atom is -0.493 e. The second-order valence-electron chi connectivity index (χ2n) is 4.25. The summed E-state index contributed by atoms with van der Waals surface area (Å²) in [4.78, 5) is 0. The number of aliphatic hydroxyl groups excluding tert-OH is 1. The number of benzene rings is 1. The molecule has 2 rings (SSSR count). The Hall–Kier alpha value is -1.33. The molecule has 102 valence electrons. The number of hydrogen-bond donors (Lipinski definition) is 1. The fourth-order valence-electron chi connectivity index (χ4n) is 2.04. The summed E-state index contributed by atoms with van der Waals surface area (Å²) in [6.07, 6.45) is 1.82. The Morgan fingerprint density at radius 2 is 2.16 bits per heavy atom. The third-order valence-electron chi connectivity index (χ3n) is 2.96. The van der Waals surface area contributed by atoms with Crippen LogP contribution in [0.5, 0.6) is 5.75 Å². The summed E-state index contributed by atoms with van der Waals surface area (Å²) in [5, 5.41) is 14.9. The van der Waals surface area contributed by atoms with Crippen molar-refractivity contribution in [3.8, 4) is 5.75 Å². The number of hydrogen-bond acceptors (Lipinski definition) is 3. The number of nitrogens with zero attached hydrogens (tertiary/aromatic N) is 2. The minimum absolute atomic E-state index is 0.608. The fourth-order valence-corrected chi connectivity index (χ4v) is 2.55. The second kappa shape index (κ2) is 6.21. The Bertz CT molecular complexity index is 554. The third kappa shape index (κ3) is 2.82. The van der Waals surface area contributed by atoms with Gasteiger partial charge in [0.05, 0.1) is 13.3 Å². The van der Waals surface area contributed by atoms with Crippen molar-refractivity contribution in [3.63, 3.8) is 0 Å². The van der Waals surface area contributed by atoms with Crippen LogP contribution in [0.2, 0.25) is 0 Å². The maximum atomic E-state index is 10.6. The molecule has 0 fully saturated rings. The van der Waals surface area contributed by atoms with Crippen LogP contribution in [0.25, 0.3) is 0 Å². The Morgan fingerprint density at radius 1 is 1.42 bits per heavy atom. The van der Waals surface area contributed by atoms with E-state index in [0.717, 1.165) is 23.0 Å². The highest BCUT2D eigenvalue weighted by Gasteiger charge is 2.22. The van der Waals surface area contributed by atoms with Gasteiger partial charge in [-0.15, -0.1) is 0 Å². The lowest BCUT2D eigenvalue weighted by atomic mass is 10.1. The van der Waals surface area contributed by atoms with Crippen molar-refractivity contribution < 1.29 is 9.84 Å². The number of halogens is 1. The molecule has 19 heavy (non-hydrogen) atoms. The molecule has 4 nitrogen and oxygen atoms in total. The van der Waals surface area contributed by atoms with Gasteiger partial charge in [0.1, 0.15) is 11.8 Å². The topological polar surface area (TPSA) is 47.3 Å². The third-order valence-corrected chi connectivity index (χ3v) is 3.68. The average molecular weight is 325 g/mol. The van der Waals surface area contributed by atoms with Crippen molar-refractivity contribution in [2.24, 2.45) is 0 Å². The van der Waals surface area contributed by atoms with E-state index >= 15 is 0 Å². The van der Waals surface area contributed by atoms with Gasteiger partial charge < -0.3 is 9.84 Å². The predicted octanol–water partition coefficient (Wildman–Crippen LogP) is 3.15. The number of methoxy groups -OCH3 is 1. The molecule has 0 spiro atoms. The number of ether oxygens (including phenoxy) is 1. The Kier molecular flexibility index (Phi) is 4.61. The first kappa shape index (κ1) is 14.1. The zero-order valence-corrected chi connectivity index (χ0v) is 12.6. The van der Waals surface area contributed by atoms with Gasteiger partial charge in [-0.25, -0.2) is 0 Å². The van der Waals surface area contributed by atoms with Gasteiger partial charge in [0.2, 0.25) is 0 Å². The van der Waals surface area contributed by atoms with E-state index in [0.29, 0.717) is 11.4 Å². The van der Waals surface area contributed by atoms with Crippen molar-refractivity contribution in [1.29, 1.82) is 0 Å². The van der Waals surface area contributed by atoms with Gasteiger partial charge in [-0.05, 0) is 12.5 Å². The van der Waals surface area contributed by atoms with Gasteiger partial charge in [0.25, 0.3) is 0 Å². The lowest BCUT2D eigenvalue weighted by molar-refractivity contribution is 0.201. The smallest absolute Gasteiger partial charge is 0.163 e. The quantitative estimate of drug-likeness (QED) is 0.919. The molecule has 1 N–H and O–H groups in total. The monoisotopic (exact) mass is 324 g/mol. The summed E-state index contributed by atoms with van der Waals surface area (Å²) in [6, 6.07) is 7.61. The molecule has 1 atom stereocenters. The van der Waals surface area contributed by atoms with E-state index in [4.69, 9.17) is 4.74 Å². The molecular formula is C14H17BrN2O2. The van der Waals surface area contributed by atoms with E-state index in [2.05, 4.69) is 28.0 Å². The molecule has 1 aromatic heterocycles. The highest BCUT2D eigenvalue weighted by Crippen LogP contribution is 2.33. The predicted molar refractivity (Wildman–Crippen MR) is 77.3 cm³/mol. The molecule has 0 aliphatic heterocycles. The van der Waals surface area contributed by atoms with Crippen molar-refractivity contribution in [1.82, 2.24) is 9.78 Å². The first-order valence-corrected chi connectivity index (χ1v) is 7.00. The van der Waals surface area contributed by atoms with E-state index in [1.807, 2.05) is 24.3 Å². The molecule has 2 aromatic rings. The minimum atomic E-state index is -0.764. The molecule has 5 heteroatoms. The van der Waals surface area contributed by atoms with Crippen LogP contribution in [-0.4, -0.2) is 22.0 Å². The van der Waals surface area contributed by atoms with E-state index < -0.39 is 6.10 Å². The SMILES string of the molecule is CCCn1ncc(OC)c1C(O)c1ccccc1Br. The Morgan fingerprint density at radius 3 is 2.79 bits per heavy atom. The molecule has 1 aromatic carbocycles. The summed E-state index contributed by atoms with van der Waals surface area (Å²) in [6.45, 7) is 2.82. The summed E-state index contributed by atoms with van der Waals surface area (Å²) in [5.41, 5.74) is 1.50. The van der Waals surface area contributed by atoms with Gasteiger partial charge in [0, 0.05) is 16.6 Å². The van der Waals surface area contributed by atoms with Crippen molar-refractivity contribution >= 4 is 15.9 Å². The van der Waals surface area contributed by atoms with Crippen molar-refractivity contribution in [2.75, 3.05) is 7.11 Å². The fraction of sp³-hybridized carbons (Fsp3) is 0.357. The maximum absolute atomic E-state index is 10.6. The normalized spacial score (nSPS) is 12.4. The van der Waals surface area contributed by atoms with E-state index in [-0.39, 0.29) is 0 Å². The molecule has 0 aliphatic rings. The Balaban J connectivity index is 2.45. The van der Waals surface area contributed by atoms with E-state index in [1.165, 1.54) is 0 Å². The molecular weight excluding hydrogens is 308 g/mol. The molecule has 0 aliphatic carbocycles. The summed E-state index contributed by atoms with van der Waals surface area (Å²) in [7, 11) is 1.59. The zero-order chi connectivity index (χ0) is 13.8. The first-order chi connectivity index (χ1) is 9.19. The molecule has 0 radical (unpaired) electrons. The largest absolute Gasteiger partial charge is 0.493 e. The van der Waals surface area contributed by atoms with Crippen LogP contribution >= 0.6 is 15.9 Å². The van der Waals surface area contributed by atoms with Gasteiger partial charge in [-0.2, -0.15) is 5.10 Å². The van der Waals surface area contributed by atoms with E-state index in [9.17, 15) is 5.11 Å². The Labute approximate surface area is 121 Å². The van der Waals surface area contributed by atoms with Crippen molar-refractivity contribution in [2.45, 2.75) is 26.0 Å². The highest BCUT2D eigenvalue weighted by molar-refractivity contribution is 9.10. The van der Waals surface area contributed by atoms with Crippen LogP contribution in [0.3, 0.4) is 0 Å². The molecule has 0 saturated carbocycles. The van der Waals surface area contributed by atoms with Crippen LogP contribution in [0.4, 0.5) is 0 Å². The van der Waals surface area contributed by atoms with Crippen LogP contribution in [0, 0.1) is 0 Å². The van der Waals surface area contributed by atoms with Crippen molar-refractivity contribution in [3.05, 3.63) is 46.2 Å². The standard InChI is InChI=1S/C14H17BrN2O2/c1-3-8-17-13(12(19-2)9-16-17)14(18)10-6-4-5-7-11(10)15/h4-7,9,14,18H,3,8H2,1-2H3. The maximum Gasteiger partial charge on any atom is 0.163 e. The van der Waals surface area contributed by atoms with Crippen LogP contribution < -0.4 is 4.74 Å². The van der Waals surface area contributed by atoms with Gasteiger partial charge >= 0.3 is 0 Å². The zero-order valence-electron chi connectivity index (χ0n) is 11.0. The number of aryl methyl sites for hydroxylation is 1. The van der Waals surface area contributed by atoms with Gasteiger partial charge in [0.15, 0.2) is 5.75 Å². The lowest BCUT2D eigenvalue weighted by Crippen LogP contribution is -2.11. The van der Waals surface area contributed by atoms with Gasteiger partial charge in [-0.3, -0.25) is 4.68 Å². The summed E-state index contributed by atoms with van der Waals surface area (Å²) in [5.74, 6) is 0.608. The molecule has 0 saturated heterocycles. The summed E-state index contributed by atoms with van der Waals surface area (Å²) >= 11 is 3.46. The summed E-state index contributed by atoms with van der Waals surface area (Å²) < 4.78 is 7.96. The molecule has 1 heterocycles.